The highest BCUT2D eigenvalue weighted by Gasteiger charge is 2.15. The van der Waals surface area contributed by atoms with E-state index in [-0.39, 0.29) is 5.38 Å². The summed E-state index contributed by atoms with van der Waals surface area (Å²) in [6, 6.07) is 0. The Morgan fingerprint density at radius 3 is 3.14 bits per heavy atom. The average Bonchev–Trinajstić information content (AvgIpc) is 2.72. The molecule has 1 aliphatic rings. The first-order chi connectivity index (χ1) is 6.86. The lowest BCUT2D eigenvalue weighted by Gasteiger charge is -2.15. The molecule has 14 heavy (non-hydrogen) atoms. The molecular formula is C11H13ClN2. The molecule has 0 aromatic carbocycles. The number of allylic oxidation sites excluding steroid dienone is 4. The Labute approximate surface area is 88.7 Å². The Balaban J connectivity index is 1.91. The summed E-state index contributed by atoms with van der Waals surface area (Å²) in [6.45, 7) is 0. The van der Waals surface area contributed by atoms with Gasteiger partial charge in [0.05, 0.1) is 5.38 Å². The molecule has 0 amide bonds. The molecule has 3 heteroatoms. The highest BCUT2D eigenvalue weighted by molar-refractivity contribution is 6.20. The molecule has 2 nitrogen and oxygen atoms in total. The molecule has 0 saturated heterocycles. The number of nitrogens with zero attached hydrogens (tertiary/aromatic N) is 1. The van der Waals surface area contributed by atoms with E-state index < -0.39 is 0 Å². The number of aromatic amines is 1. The van der Waals surface area contributed by atoms with Crippen molar-refractivity contribution >= 4 is 11.6 Å². The molecule has 1 aromatic rings. The van der Waals surface area contributed by atoms with Crippen molar-refractivity contribution in [2.75, 3.05) is 0 Å². The first-order valence-electron chi connectivity index (χ1n) is 4.83. The maximum absolute atomic E-state index is 6.23. The van der Waals surface area contributed by atoms with E-state index in [1.165, 1.54) is 0 Å². The Bertz CT molecular complexity index is 327. The largest absolute Gasteiger partial charge is 0.347 e. The summed E-state index contributed by atoms with van der Waals surface area (Å²) in [5.41, 5.74) is 0. The summed E-state index contributed by atoms with van der Waals surface area (Å²) in [6.07, 6.45) is 14.1. The van der Waals surface area contributed by atoms with Gasteiger partial charge in [0.25, 0.3) is 0 Å². The predicted octanol–water partition coefficient (Wildman–Crippen LogP) is 3.21. The van der Waals surface area contributed by atoms with Crippen LogP contribution in [-0.2, 0) is 0 Å². The molecule has 1 aliphatic carbocycles. The van der Waals surface area contributed by atoms with Gasteiger partial charge in [-0.3, -0.25) is 0 Å². The van der Waals surface area contributed by atoms with Gasteiger partial charge in [-0.1, -0.05) is 24.3 Å². The summed E-state index contributed by atoms with van der Waals surface area (Å²) >= 11 is 6.23. The van der Waals surface area contributed by atoms with Gasteiger partial charge in [-0.05, 0) is 18.8 Å². The second kappa shape index (κ2) is 4.47. The fourth-order valence-corrected chi connectivity index (χ4v) is 1.98. The van der Waals surface area contributed by atoms with Gasteiger partial charge in [-0.25, -0.2) is 4.98 Å². The van der Waals surface area contributed by atoms with Crippen molar-refractivity contribution < 1.29 is 0 Å². The van der Waals surface area contributed by atoms with Crippen LogP contribution in [0, 0.1) is 5.92 Å². The van der Waals surface area contributed by atoms with E-state index in [1.54, 1.807) is 12.4 Å². The van der Waals surface area contributed by atoms with Crippen molar-refractivity contribution in [1.82, 2.24) is 9.97 Å². The first kappa shape index (κ1) is 9.53. The van der Waals surface area contributed by atoms with Crippen LogP contribution in [0.3, 0.4) is 0 Å². The Kier molecular flexibility index (Phi) is 3.04. The number of nitrogens with one attached hydrogen (secondary N) is 1. The number of imidazole rings is 1. The van der Waals surface area contributed by atoms with Crippen molar-refractivity contribution in [3.8, 4) is 0 Å². The van der Waals surface area contributed by atoms with Crippen LogP contribution in [0.15, 0.2) is 36.7 Å². The van der Waals surface area contributed by atoms with Gasteiger partial charge >= 0.3 is 0 Å². The fourth-order valence-electron chi connectivity index (χ4n) is 1.63. The third kappa shape index (κ3) is 2.26. The van der Waals surface area contributed by atoms with Crippen LogP contribution in [0.4, 0.5) is 0 Å². The Morgan fingerprint density at radius 2 is 2.50 bits per heavy atom. The molecule has 0 aliphatic heterocycles. The standard InChI is InChI=1S/C11H13ClN2/c12-10(11-13-6-7-14-11)8-9-4-2-1-3-5-9/h1-4,6-7,9-10H,5,8H2,(H,13,14). The maximum atomic E-state index is 6.23. The number of hydrogen-bond acceptors (Lipinski definition) is 1. The predicted molar refractivity (Wildman–Crippen MR) is 58.2 cm³/mol. The van der Waals surface area contributed by atoms with Gasteiger partial charge < -0.3 is 4.98 Å². The van der Waals surface area contributed by atoms with E-state index in [0.717, 1.165) is 18.7 Å². The summed E-state index contributed by atoms with van der Waals surface area (Å²) in [5.74, 6) is 1.42. The van der Waals surface area contributed by atoms with E-state index in [0.29, 0.717) is 5.92 Å². The second-order valence-electron chi connectivity index (χ2n) is 3.49. The lowest BCUT2D eigenvalue weighted by Crippen LogP contribution is -2.03. The van der Waals surface area contributed by atoms with E-state index in [4.69, 9.17) is 11.6 Å². The zero-order chi connectivity index (χ0) is 9.80. The quantitative estimate of drug-likeness (QED) is 0.760. The molecule has 0 radical (unpaired) electrons. The van der Waals surface area contributed by atoms with Crippen molar-refractivity contribution in [3.63, 3.8) is 0 Å². The van der Waals surface area contributed by atoms with Crippen molar-refractivity contribution in [2.45, 2.75) is 18.2 Å². The van der Waals surface area contributed by atoms with Gasteiger partial charge in [0.15, 0.2) is 0 Å². The van der Waals surface area contributed by atoms with Gasteiger partial charge in [-0.15, -0.1) is 11.6 Å². The zero-order valence-corrected chi connectivity index (χ0v) is 8.61. The third-order valence-electron chi connectivity index (χ3n) is 2.40. The third-order valence-corrected chi connectivity index (χ3v) is 2.78. The van der Waals surface area contributed by atoms with Crippen LogP contribution >= 0.6 is 11.6 Å². The van der Waals surface area contributed by atoms with Crippen LogP contribution in [0.1, 0.15) is 24.0 Å². The fraction of sp³-hybridized carbons (Fsp3) is 0.364. The van der Waals surface area contributed by atoms with Gasteiger partial charge in [0.1, 0.15) is 5.82 Å². The van der Waals surface area contributed by atoms with Crippen LogP contribution < -0.4 is 0 Å². The van der Waals surface area contributed by atoms with Crippen molar-refractivity contribution in [1.29, 1.82) is 0 Å². The molecule has 0 spiro atoms. The lowest BCUT2D eigenvalue weighted by molar-refractivity contribution is 0.572. The molecule has 1 N–H and O–H groups in total. The molecule has 0 fully saturated rings. The van der Waals surface area contributed by atoms with E-state index in [1.807, 2.05) is 0 Å². The van der Waals surface area contributed by atoms with Gasteiger partial charge in [0.2, 0.25) is 0 Å². The van der Waals surface area contributed by atoms with Crippen LogP contribution in [0.25, 0.3) is 0 Å². The Hall–Kier alpha value is -1.02. The van der Waals surface area contributed by atoms with E-state index in [2.05, 4.69) is 34.3 Å². The minimum Gasteiger partial charge on any atom is -0.347 e. The summed E-state index contributed by atoms with van der Waals surface area (Å²) in [4.78, 5) is 7.19. The molecule has 2 rings (SSSR count). The molecule has 2 atom stereocenters. The maximum Gasteiger partial charge on any atom is 0.124 e. The zero-order valence-electron chi connectivity index (χ0n) is 7.86. The molecular weight excluding hydrogens is 196 g/mol. The van der Waals surface area contributed by atoms with Crippen molar-refractivity contribution in [3.05, 3.63) is 42.5 Å². The normalized spacial score (nSPS) is 22.5. The molecule has 1 aromatic heterocycles. The lowest BCUT2D eigenvalue weighted by atomic mass is 9.95. The highest BCUT2D eigenvalue weighted by Crippen LogP contribution is 2.28. The van der Waals surface area contributed by atoms with E-state index >= 15 is 0 Å². The smallest absolute Gasteiger partial charge is 0.124 e. The number of H-pyrrole nitrogens is 1. The topological polar surface area (TPSA) is 28.7 Å². The number of rotatable bonds is 3. The molecule has 2 unspecified atom stereocenters. The van der Waals surface area contributed by atoms with Crippen LogP contribution in [0.2, 0.25) is 0 Å². The molecule has 0 bridgehead atoms. The van der Waals surface area contributed by atoms with Crippen molar-refractivity contribution in [2.24, 2.45) is 5.92 Å². The highest BCUT2D eigenvalue weighted by atomic mass is 35.5. The minimum absolute atomic E-state index is 0.00819. The summed E-state index contributed by atoms with van der Waals surface area (Å²) in [5, 5.41) is -0.00819. The monoisotopic (exact) mass is 208 g/mol. The molecule has 1 heterocycles. The summed E-state index contributed by atoms with van der Waals surface area (Å²) < 4.78 is 0. The number of halogens is 1. The first-order valence-corrected chi connectivity index (χ1v) is 5.26. The molecule has 0 saturated carbocycles. The van der Waals surface area contributed by atoms with Crippen LogP contribution in [-0.4, -0.2) is 9.97 Å². The van der Waals surface area contributed by atoms with Crippen LogP contribution in [0.5, 0.6) is 0 Å². The van der Waals surface area contributed by atoms with E-state index in [9.17, 15) is 0 Å². The molecule has 74 valence electrons. The van der Waals surface area contributed by atoms with Gasteiger partial charge in [0, 0.05) is 12.4 Å². The Morgan fingerprint density at radius 1 is 1.57 bits per heavy atom. The average molecular weight is 209 g/mol. The minimum atomic E-state index is -0.00819. The second-order valence-corrected chi connectivity index (χ2v) is 4.01. The van der Waals surface area contributed by atoms with Gasteiger partial charge in [-0.2, -0.15) is 0 Å². The SMILES string of the molecule is ClC(CC1C=CC=CC1)c1ncc[nH]1. The number of alkyl halides is 1. The number of aromatic nitrogens is 2. The summed E-state index contributed by atoms with van der Waals surface area (Å²) in [7, 11) is 0. The number of hydrogen-bond donors (Lipinski definition) is 1.